The Morgan fingerprint density at radius 1 is 1.00 bits per heavy atom. The van der Waals surface area contributed by atoms with Gasteiger partial charge in [-0.2, -0.15) is 5.10 Å². The van der Waals surface area contributed by atoms with Crippen LogP contribution in [0.5, 0.6) is 0 Å². The number of amides is 2. The molecule has 0 aliphatic heterocycles. The first kappa shape index (κ1) is 23.0. The summed E-state index contributed by atoms with van der Waals surface area (Å²) in [6.07, 6.45) is 1.55. The molecule has 0 radical (unpaired) electrons. The van der Waals surface area contributed by atoms with Gasteiger partial charge in [0, 0.05) is 18.7 Å². The molecule has 2 heterocycles. The van der Waals surface area contributed by atoms with Crippen LogP contribution in [0.15, 0.2) is 60.8 Å². The molecule has 0 aliphatic rings. The molecule has 0 bridgehead atoms. The molecule has 174 valence electrons. The largest absolute Gasteiger partial charge is 0.357 e. The predicted molar refractivity (Wildman–Crippen MR) is 124 cm³/mol. The summed E-state index contributed by atoms with van der Waals surface area (Å²) in [4.78, 5) is 30.7. The lowest BCUT2D eigenvalue weighted by Crippen LogP contribution is -2.39. The van der Waals surface area contributed by atoms with Crippen molar-refractivity contribution < 1.29 is 18.4 Å². The van der Waals surface area contributed by atoms with E-state index in [9.17, 15) is 18.4 Å². The second kappa shape index (κ2) is 9.38. The first-order valence-electron chi connectivity index (χ1n) is 10.7. The maximum Gasteiger partial charge on any atom is 0.253 e. The van der Waals surface area contributed by atoms with Gasteiger partial charge >= 0.3 is 0 Å². The zero-order valence-corrected chi connectivity index (χ0v) is 18.8. The highest BCUT2D eigenvalue weighted by molar-refractivity contribution is 6.07. The molecule has 9 heteroatoms. The van der Waals surface area contributed by atoms with Crippen LogP contribution in [-0.4, -0.2) is 33.6 Å². The van der Waals surface area contributed by atoms with E-state index in [-0.39, 0.29) is 17.2 Å². The van der Waals surface area contributed by atoms with E-state index in [4.69, 9.17) is 4.98 Å². The van der Waals surface area contributed by atoms with Crippen molar-refractivity contribution in [1.82, 2.24) is 25.4 Å². The summed E-state index contributed by atoms with van der Waals surface area (Å²) in [7, 11) is 1.40. The molecule has 0 saturated heterocycles. The van der Waals surface area contributed by atoms with Crippen LogP contribution in [0.2, 0.25) is 0 Å². The van der Waals surface area contributed by atoms with E-state index < -0.39 is 29.5 Å². The van der Waals surface area contributed by atoms with Crippen LogP contribution in [0.25, 0.3) is 22.3 Å². The maximum absolute atomic E-state index is 13.9. The Morgan fingerprint density at radius 2 is 1.74 bits per heavy atom. The van der Waals surface area contributed by atoms with Crippen molar-refractivity contribution in [1.29, 1.82) is 0 Å². The van der Waals surface area contributed by atoms with Crippen LogP contribution in [0.4, 0.5) is 8.78 Å². The fourth-order valence-corrected chi connectivity index (χ4v) is 3.69. The summed E-state index contributed by atoms with van der Waals surface area (Å²) in [6, 6.07) is 12.8. The fourth-order valence-electron chi connectivity index (χ4n) is 3.69. The Balaban J connectivity index is 1.81. The number of benzene rings is 2. The van der Waals surface area contributed by atoms with E-state index in [1.54, 1.807) is 16.9 Å². The summed E-state index contributed by atoms with van der Waals surface area (Å²) in [5.41, 5.74) is 2.25. The smallest absolute Gasteiger partial charge is 0.253 e. The van der Waals surface area contributed by atoms with Crippen LogP contribution >= 0.6 is 0 Å². The second-order valence-electron chi connectivity index (χ2n) is 8.04. The lowest BCUT2D eigenvalue weighted by atomic mass is 10.0. The molecule has 2 amide bonds. The number of likely N-dealkylation sites (N-methyl/N-ethyl adjacent to an activating group) is 1. The average molecular weight is 463 g/mol. The highest BCUT2D eigenvalue weighted by atomic mass is 19.2. The third-order valence-corrected chi connectivity index (χ3v) is 5.43. The summed E-state index contributed by atoms with van der Waals surface area (Å²) >= 11 is 0. The van der Waals surface area contributed by atoms with E-state index in [0.29, 0.717) is 16.7 Å². The fraction of sp³-hybridized carbons (Fsp3) is 0.200. The third kappa shape index (κ3) is 4.36. The van der Waals surface area contributed by atoms with Crippen LogP contribution in [0.1, 0.15) is 41.9 Å². The van der Waals surface area contributed by atoms with Gasteiger partial charge in [0.15, 0.2) is 17.3 Å². The van der Waals surface area contributed by atoms with Gasteiger partial charge in [-0.25, -0.2) is 18.4 Å². The summed E-state index contributed by atoms with van der Waals surface area (Å²) in [5, 5.41) is 9.99. The molecule has 2 aromatic carbocycles. The van der Waals surface area contributed by atoms with Crippen molar-refractivity contribution in [2.24, 2.45) is 0 Å². The van der Waals surface area contributed by atoms with Crippen LogP contribution in [0.3, 0.4) is 0 Å². The molecule has 0 fully saturated rings. The number of carbonyl (C=O) groups is 2. The zero-order valence-electron chi connectivity index (χ0n) is 18.8. The highest BCUT2D eigenvalue weighted by Gasteiger charge is 2.26. The number of fused-ring (bicyclic) bond motifs is 1. The Kier molecular flexibility index (Phi) is 6.36. The predicted octanol–water partition coefficient (Wildman–Crippen LogP) is 4.17. The standard InChI is InChI=1S/C25H23F2N5O2/c1-14(2)32-23-18(13-29-32)17(12-21(30-23)15-7-5-4-6-8-15)24(33)31-22(25(34)28-3)16-9-10-19(26)20(27)11-16/h4-14,22H,1-3H3,(H,28,34)(H,31,33). The van der Waals surface area contributed by atoms with Crippen molar-refractivity contribution in [2.75, 3.05) is 7.05 Å². The Labute approximate surface area is 194 Å². The van der Waals surface area contributed by atoms with Crippen LogP contribution in [-0.2, 0) is 4.79 Å². The number of nitrogens with one attached hydrogen (secondary N) is 2. The van der Waals surface area contributed by atoms with Gasteiger partial charge in [0.05, 0.1) is 22.8 Å². The van der Waals surface area contributed by atoms with Gasteiger partial charge in [0.1, 0.15) is 6.04 Å². The number of hydrogen-bond donors (Lipinski definition) is 2. The van der Waals surface area contributed by atoms with E-state index in [1.165, 1.54) is 13.1 Å². The van der Waals surface area contributed by atoms with Gasteiger partial charge in [-0.1, -0.05) is 36.4 Å². The van der Waals surface area contributed by atoms with Crippen molar-refractivity contribution in [3.63, 3.8) is 0 Å². The number of aromatic nitrogens is 3. The molecule has 0 saturated carbocycles. The molecule has 4 aromatic rings. The second-order valence-corrected chi connectivity index (χ2v) is 8.04. The number of halogens is 2. The topological polar surface area (TPSA) is 88.9 Å². The molecule has 1 unspecified atom stereocenters. The lowest BCUT2D eigenvalue weighted by molar-refractivity contribution is -0.122. The number of carbonyl (C=O) groups excluding carboxylic acids is 2. The summed E-state index contributed by atoms with van der Waals surface area (Å²) < 4.78 is 29.0. The Hall–Kier alpha value is -4.14. The van der Waals surface area contributed by atoms with E-state index in [2.05, 4.69) is 15.7 Å². The maximum atomic E-state index is 13.9. The number of nitrogens with zero attached hydrogens (tertiary/aromatic N) is 3. The van der Waals surface area contributed by atoms with E-state index in [0.717, 1.165) is 17.7 Å². The zero-order chi connectivity index (χ0) is 24.4. The first-order chi connectivity index (χ1) is 16.3. The van der Waals surface area contributed by atoms with Gasteiger partial charge in [-0.15, -0.1) is 0 Å². The van der Waals surface area contributed by atoms with Gasteiger partial charge in [-0.05, 0) is 37.6 Å². The molecule has 4 rings (SSSR count). The summed E-state index contributed by atoms with van der Waals surface area (Å²) in [5.74, 6) is -3.32. The van der Waals surface area contributed by atoms with Crippen molar-refractivity contribution in [2.45, 2.75) is 25.9 Å². The molecule has 7 nitrogen and oxygen atoms in total. The molecular formula is C25H23F2N5O2. The van der Waals surface area contributed by atoms with E-state index >= 15 is 0 Å². The molecule has 2 N–H and O–H groups in total. The van der Waals surface area contributed by atoms with Crippen molar-refractivity contribution in [3.8, 4) is 11.3 Å². The van der Waals surface area contributed by atoms with Crippen LogP contribution < -0.4 is 10.6 Å². The molecule has 0 aliphatic carbocycles. The van der Waals surface area contributed by atoms with Gasteiger partial charge < -0.3 is 10.6 Å². The van der Waals surface area contributed by atoms with Crippen molar-refractivity contribution >= 4 is 22.8 Å². The SMILES string of the molecule is CNC(=O)C(NC(=O)c1cc(-c2ccccc2)nc2c1cnn2C(C)C)c1ccc(F)c(F)c1. The Bertz CT molecular complexity index is 1370. The van der Waals surface area contributed by atoms with Gasteiger partial charge in [-0.3, -0.25) is 9.59 Å². The minimum absolute atomic E-state index is 0.00672. The van der Waals surface area contributed by atoms with Gasteiger partial charge in [0.25, 0.3) is 5.91 Å². The molecule has 0 spiro atoms. The lowest BCUT2D eigenvalue weighted by Gasteiger charge is -2.19. The Morgan fingerprint density at radius 3 is 2.38 bits per heavy atom. The normalized spacial score (nSPS) is 12.1. The minimum Gasteiger partial charge on any atom is -0.357 e. The number of pyridine rings is 1. The molecule has 1 atom stereocenters. The van der Waals surface area contributed by atoms with Gasteiger partial charge in [0.2, 0.25) is 5.91 Å². The van der Waals surface area contributed by atoms with E-state index in [1.807, 2.05) is 44.2 Å². The summed E-state index contributed by atoms with van der Waals surface area (Å²) in [6.45, 7) is 3.90. The average Bonchev–Trinajstić information content (AvgIpc) is 3.28. The number of hydrogen-bond acceptors (Lipinski definition) is 4. The minimum atomic E-state index is -1.24. The van der Waals surface area contributed by atoms with Crippen molar-refractivity contribution in [3.05, 3.63) is 83.6 Å². The molecule has 34 heavy (non-hydrogen) atoms. The molecular weight excluding hydrogens is 440 g/mol. The highest BCUT2D eigenvalue weighted by Crippen LogP contribution is 2.27. The quantitative estimate of drug-likeness (QED) is 0.449. The van der Waals surface area contributed by atoms with Crippen LogP contribution in [0, 0.1) is 11.6 Å². The first-order valence-corrected chi connectivity index (χ1v) is 10.7. The third-order valence-electron chi connectivity index (χ3n) is 5.43. The number of rotatable bonds is 6. The monoisotopic (exact) mass is 463 g/mol. The molecule has 2 aromatic heterocycles.